The molecule has 1 fully saturated rings. The number of hydrogen-bond donors (Lipinski definition) is 1. The summed E-state index contributed by atoms with van der Waals surface area (Å²) >= 11 is 1.69. The van der Waals surface area contributed by atoms with E-state index in [1.165, 1.54) is 31.5 Å². The summed E-state index contributed by atoms with van der Waals surface area (Å²) < 4.78 is 0. The normalized spacial score (nSPS) is 17.8. The van der Waals surface area contributed by atoms with Gasteiger partial charge in [0.1, 0.15) is 0 Å². The highest BCUT2D eigenvalue weighted by atomic mass is 32.1. The van der Waals surface area contributed by atoms with Crippen molar-refractivity contribution in [2.75, 3.05) is 19.6 Å². The molecule has 4 heteroatoms. The molecule has 0 saturated carbocycles. The van der Waals surface area contributed by atoms with Crippen LogP contribution in [0, 0.1) is 0 Å². The van der Waals surface area contributed by atoms with E-state index in [0.717, 1.165) is 13.0 Å². The van der Waals surface area contributed by atoms with Crippen LogP contribution in [0.1, 0.15) is 31.7 Å². The fourth-order valence-electron chi connectivity index (χ4n) is 2.35. The minimum absolute atomic E-state index is 0.173. The molecule has 1 aliphatic heterocycles. The predicted octanol–water partition coefficient (Wildman–Crippen LogP) is 2.28. The van der Waals surface area contributed by atoms with Gasteiger partial charge >= 0.3 is 0 Å². The van der Waals surface area contributed by atoms with Gasteiger partial charge in [0.15, 0.2) is 0 Å². The third-order valence-corrected chi connectivity index (χ3v) is 4.31. The van der Waals surface area contributed by atoms with Crippen molar-refractivity contribution >= 4 is 17.2 Å². The lowest BCUT2D eigenvalue weighted by atomic mass is 10.2. The second kappa shape index (κ2) is 6.90. The third kappa shape index (κ3) is 4.10. The number of amides is 1. The van der Waals surface area contributed by atoms with Crippen molar-refractivity contribution in [2.45, 2.75) is 38.6 Å². The number of aryl methyl sites for hydroxylation is 1. The van der Waals surface area contributed by atoms with Gasteiger partial charge in [-0.3, -0.25) is 9.69 Å². The molecule has 18 heavy (non-hydrogen) atoms. The standard InChI is InChI=1S/C14H22N2OS/c1-12(16-7-2-3-8-16)10-15-14(17)5-4-13-6-9-18-11-13/h6,9,11-12H,2-5,7-8,10H2,1H3,(H,15,17)/t12-/m1/s1. The second-order valence-electron chi connectivity index (χ2n) is 5.03. The van der Waals surface area contributed by atoms with Gasteiger partial charge in [-0.25, -0.2) is 0 Å². The Labute approximate surface area is 113 Å². The molecule has 1 N–H and O–H groups in total. The van der Waals surface area contributed by atoms with Crippen molar-refractivity contribution in [3.63, 3.8) is 0 Å². The van der Waals surface area contributed by atoms with Gasteiger partial charge in [0.25, 0.3) is 0 Å². The summed E-state index contributed by atoms with van der Waals surface area (Å²) in [5.41, 5.74) is 1.27. The number of carbonyl (C=O) groups excluding carboxylic acids is 1. The summed E-state index contributed by atoms with van der Waals surface area (Å²) in [7, 11) is 0. The molecule has 0 spiro atoms. The highest BCUT2D eigenvalue weighted by molar-refractivity contribution is 7.07. The molecule has 1 amide bonds. The van der Waals surface area contributed by atoms with Gasteiger partial charge in [-0.1, -0.05) is 0 Å². The Hall–Kier alpha value is -0.870. The average Bonchev–Trinajstić information content (AvgIpc) is 3.05. The number of likely N-dealkylation sites (tertiary alicyclic amines) is 1. The Morgan fingerprint density at radius 3 is 2.94 bits per heavy atom. The zero-order valence-corrected chi connectivity index (χ0v) is 11.8. The van der Waals surface area contributed by atoms with Crippen LogP contribution in [-0.4, -0.2) is 36.5 Å². The SMILES string of the molecule is C[C@H](CNC(=O)CCc1ccsc1)N1CCCC1. The van der Waals surface area contributed by atoms with Crippen LogP contribution in [-0.2, 0) is 11.2 Å². The van der Waals surface area contributed by atoms with E-state index in [1.807, 2.05) is 0 Å². The Kier molecular flexibility index (Phi) is 5.20. The van der Waals surface area contributed by atoms with Crippen LogP contribution >= 0.6 is 11.3 Å². The first-order valence-corrected chi connectivity index (χ1v) is 7.72. The van der Waals surface area contributed by atoms with E-state index in [2.05, 4.69) is 34.0 Å². The van der Waals surface area contributed by atoms with E-state index in [0.29, 0.717) is 12.5 Å². The number of nitrogens with zero attached hydrogens (tertiary/aromatic N) is 1. The van der Waals surface area contributed by atoms with Gasteiger partial charge in [-0.05, 0) is 61.7 Å². The van der Waals surface area contributed by atoms with E-state index in [4.69, 9.17) is 0 Å². The van der Waals surface area contributed by atoms with Gasteiger partial charge in [0, 0.05) is 19.0 Å². The molecule has 3 nitrogen and oxygen atoms in total. The van der Waals surface area contributed by atoms with E-state index in [9.17, 15) is 4.79 Å². The molecule has 2 heterocycles. The highest BCUT2D eigenvalue weighted by Gasteiger charge is 2.18. The Morgan fingerprint density at radius 2 is 2.28 bits per heavy atom. The number of hydrogen-bond acceptors (Lipinski definition) is 3. The molecular weight excluding hydrogens is 244 g/mol. The van der Waals surface area contributed by atoms with Gasteiger partial charge in [0.2, 0.25) is 5.91 Å². The van der Waals surface area contributed by atoms with Gasteiger partial charge in [-0.15, -0.1) is 0 Å². The average molecular weight is 266 g/mol. The minimum atomic E-state index is 0.173. The van der Waals surface area contributed by atoms with Crippen molar-refractivity contribution in [3.05, 3.63) is 22.4 Å². The van der Waals surface area contributed by atoms with Crippen molar-refractivity contribution in [3.8, 4) is 0 Å². The molecule has 1 saturated heterocycles. The fraction of sp³-hybridized carbons (Fsp3) is 0.643. The number of thiophene rings is 1. The van der Waals surface area contributed by atoms with Crippen LogP contribution in [0.3, 0.4) is 0 Å². The molecular formula is C14H22N2OS. The Balaban J connectivity index is 1.62. The monoisotopic (exact) mass is 266 g/mol. The van der Waals surface area contributed by atoms with E-state index in [-0.39, 0.29) is 5.91 Å². The minimum Gasteiger partial charge on any atom is -0.355 e. The van der Waals surface area contributed by atoms with Crippen LogP contribution in [0.15, 0.2) is 16.8 Å². The van der Waals surface area contributed by atoms with Gasteiger partial charge < -0.3 is 5.32 Å². The lowest BCUT2D eigenvalue weighted by molar-refractivity contribution is -0.121. The number of nitrogens with one attached hydrogen (secondary N) is 1. The lowest BCUT2D eigenvalue weighted by Crippen LogP contribution is -2.40. The van der Waals surface area contributed by atoms with Gasteiger partial charge in [-0.2, -0.15) is 11.3 Å². The highest BCUT2D eigenvalue weighted by Crippen LogP contribution is 2.11. The molecule has 100 valence electrons. The second-order valence-corrected chi connectivity index (χ2v) is 5.81. The fourth-order valence-corrected chi connectivity index (χ4v) is 3.06. The zero-order chi connectivity index (χ0) is 12.8. The maximum atomic E-state index is 11.7. The summed E-state index contributed by atoms with van der Waals surface area (Å²) in [4.78, 5) is 14.2. The summed E-state index contributed by atoms with van der Waals surface area (Å²) in [5.74, 6) is 0.173. The summed E-state index contributed by atoms with van der Waals surface area (Å²) in [6.45, 7) is 5.35. The maximum Gasteiger partial charge on any atom is 0.220 e. The Morgan fingerprint density at radius 1 is 1.50 bits per heavy atom. The first kappa shape index (κ1) is 13.6. The van der Waals surface area contributed by atoms with E-state index < -0.39 is 0 Å². The lowest BCUT2D eigenvalue weighted by Gasteiger charge is -2.23. The van der Waals surface area contributed by atoms with Crippen molar-refractivity contribution in [1.82, 2.24) is 10.2 Å². The zero-order valence-electron chi connectivity index (χ0n) is 11.0. The third-order valence-electron chi connectivity index (χ3n) is 3.58. The Bertz CT molecular complexity index is 358. The van der Waals surface area contributed by atoms with E-state index in [1.54, 1.807) is 11.3 Å². The quantitative estimate of drug-likeness (QED) is 0.857. The molecule has 0 radical (unpaired) electrons. The molecule has 0 aliphatic carbocycles. The topological polar surface area (TPSA) is 32.3 Å². The molecule has 1 aromatic rings. The molecule has 2 rings (SSSR count). The summed E-state index contributed by atoms with van der Waals surface area (Å²) in [6.07, 6.45) is 4.06. The van der Waals surface area contributed by atoms with Crippen molar-refractivity contribution in [2.24, 2.45) is 0 Å². The molecule has 1 aliphatic rings. The molecule has 0 bridgehead atoms. The first-order chi connectivity index (χ1) is 8.75. The van der Waals surface area contributed by atoms with Crippen LogP contribution in [0.5, 0.6) is 0 Å². The van der Waals surface area contributed by atoms with Crippen LogP contribution in [0.25, 0.3) is 0 Å². The number of rotatable bonds is 6. The summed E-state index contributed by atoms with van der Waals surface area (Å²) in [5, 5.41) is 7.21. The summed E-state index contributed by atoms with van der Waals surface area (Å²) in [6, 6.07) is 2.56. The smallest absolute Gasteiger partial charge is 0.220 e. The van der Waals surface area contributed by atoms with E-state index >= 15 is 0 Å². The molecule has 1 atom stereocenters. The van der Waals surface area contributed by atoms with Crippen molar-refractivity contribution in [1.29, 1.82) is 0 Å². The maximum absolute atomic E-state index is 11.7. The van der Waals surface area contributed by atoms with Crippen LogP contribution < -0.4 is 5.32 Å². The predicted molar refractivity (Wildman–Crippen MR) is 75.9 cm³/mol. The van der Waals surface area contributed by atoms with Crippen LogP contribution in [0.2, 0.25) is 0 Å². The van der Waals surface area contributed by atoms with Gasteiger partial charge in [0.05, 0.1) is 0 Å². The molecule has 0 unspecified atom stereocenters. The first-order valence-electron chi connectivity index (χ1n) is 6.77. The van der Waals surface area contributed by atoms with Crippen LogP contribution in [0.4, 0.5) is 0 Å². The molecule has 0 aromatic carbocycles. The molecule has 1 aromatic heterocycles. The largest absolute Gasteiger partial charge is 0.355 e. The van der Waals surface area contributed by atoms with Crippen molar-refractivity contribution < 1.29 is 4.79 Å². The number of carbonyl (C=O) groups is 1.